The second kappa shape index (κ2) is 3.00. The summed E-state index contributed by atoms with van der Waals surface area (Å²) in [5.41, 5.74) is 0. The largest absolute Gasteiger partial charge is 0.0605 e. The highest BCUT2D eigenvalue weighted by Crippen LogP contribution is 2.11. The maximum atomic E-state index is 3.08. The first-order valence-corrected chi connectivity index (χ1v) is 4.28. The summed E-state index contributed by atoms with van der Waals surface area (Å²) in [5, 5.41) is 0. The predicted molar refractivity (Wildman–Crippen MR) is 50.7 cm³/mol. The Balaban J connectivity index is 3.13. The molecule has 0 amide bonds. The van der Waals surface area contributed by atoms with E-state index in [0.717, 1.165) is 0 Å². The zero-order valence-electron chi connectivity index (χ0n) is 3.99. The normalized spacial score (nSPS) is 9.25. The van der Waals surface area contributed by atoms with Crippen LogP contribution in [0.5, 0.6) is 0 Å². The van der Waals surface area contributed by atoms with Crippen molar-refractivity contribution in [2.45, 2.75) is 0 Å². The second-order valence-electron chi connectivity index (χ2n) is 1.33. The number of rotatable bonds is 0. The number of benzene rings is 1. The molecule has 0 aliphatic carbocycles. The van der Waals surface area contributed by atoms with Crippen molar-refractivity contribution >= 4 is 45.2 Å². The molecule has 0 aliphatic heterocycles. The fourth-order valence-electron chi connectivity index (χ4n) is 0.396. The summed E-state index contributed by atoms with van der Waals surface area (Å²) in [6.45, 7) is 0. The number of hydrogen-bond donors (Lipinski definition) is 0. The van der Waals surface area contributed by atoms with Crippen molar-refractivity contribution < 1.29 is 0 Å². The first-order chi connectivity index (χ1) is 3.80. The molecule has 0 saturated heterocycles. The van der Waals surface area contributed by atoms with Crippen LogP contribution in [0.3, 0.4) is 0 Å². The van der Waals surface area contributed by atoms with Gasteiger partial charge in [-0.3, -0.25) is 0 Å². The van der Waals surface area contributed by atoms with Crippen molar-refractivity contribution in [3.8, 4) is 0 Å². The summed E-state index contributed by atoms with van der Waals surface area (Å²) in [4.78, 5) is 0. The summed E-state index contributed by atoms with van der Waals surface area (Å²) >= 11 is 4.55. The van der Waals surface area contributed by atoms with Gasteiger partial charge in [-0.1, -0.05) is 12.1 Å². The molecule has 8 heavy (non-hydrogen) atoms. The van der Waals surface area contributed by atoms with Gasteiger partial charge in [-0.25, -0.2) is 0 Å². The third-order valence-electron chi connectivity index (χ3n) is 0.759. The molecule has 0 aliphatic rings. The molecule has 0 fully saturated rings. The predicted octanol–water partition coefficient (Wildman–Crippen LogP) is 2.70. The van der Waals surface area contributed by atoms with E-state index in [-0.39, 0.29) is 0 Å². The van der Waals surface area contributed by atoms with Crippen LogP contribution >= 0.6 is 45.2 Å². The van der Waals surface area contributed by atoms with Crippen LogP contribution in [0.4, 0.5) is 0 Å². The molecule has 0 aromatic heterocycles. The first kappa shape index (κ1) is 6.80. The molecule has 0 N–H and O–H groups in total. The Morgan fingerprint density at radius 2 is 2.12 bits per heavy atom. The van der Waals surface area contributed by atoms with Crippen LogP contribution in [0.1, 0.15) is 0 Å². The smallest absolute Gasteiger partial charge is 0.0342 e. The van der Waals surface area contributed by atoms with E-state index in [1.165, 1.54) is 7.14 Å². The zero-order chi connectivity index (χ0) is 5.98. The minimum Gasteiger partial charge on any atom is -0.0605 e. The summed E-state index contributed by atoms with van der Waals surface area (Å²) < 4.78 is 2.47. The Labute approximate surface area is 76.0 Å². The summed E-state index contributed by atoms with van der Waals surface area (Å²) in [6, 6.07) is 9.06. The van der Waals surface area contributed by atoms with Crippen molar-refractivity contribution in [1.82, 2.24) is 0 Å². The lowest BCUT2D eigenvalue weighted by atomic mass is 10.4. The molecule has 0 heterocycles. The monoisotopic (exact) mass is 329 g/mol. The van der Waals surface area contributed by atoms with Gasteiger partial charge >= 0.3 is 0 Å². The maximum Gasteiger partial charge on any atom is 0.0342 e. The van der Waals surface area contributed by atoms with E-state index >= 15 is 0 Å². The molecule has 41 valence electrons. The Hall–Kier alpha value is 0.680. The molecular weight excluding hydrogens is 326 g/mol. The summed E-state index contributed by atoms with van der Waals surface area (Å²) in [7, 11) is 0. The molecule has 1 rings (SSSR count). The van der Waals surface area contributed by atoms with Gasteiger partial charge in [-0.05, 0) is 57.3 Å². The highest BCUT2D eigenvalue weighted by atomic mass is 127. The lowest BCUT2D eigenvalue weighted by molar-refractivity contribution is 1.57. The van der Waals surface area contributed by atoms with Gasteiger partial charge in [0.1, 0.15) is 0 Å². The average Bonchev–Trinajstić information content (AvgIpc) is 1.77. The van der Waals surface area contributed by atoms with E-state index in [4.69, 9.17) is 0 Å². The van der Waals surface area contributed by atoms with Gasteiger partial charge in [0.05, 0.1) is 0 Å². The number of hydrogen-bond acceptors (Lipinski definition) is 0. The van der Waals surface area contributed by atoms with Gasteiger partial charge in [-0.15, -0.1) is 0 Å². The number of halogens is 2. The van der Waals surface area contributed by atoms with Crippen LogP contribution in [0.2, 0.25) is 0 Å². The Morgan fingerprint density at radius 3 is 2.50 bits per heavy atom. The standard InChI is InChI=1S/C6H3I2/c7-5-3-1-2-4-6(5)8/h1-3H. The zero-order valence-corrected chi connectivity index (χ0v) is 8.30. The molecule has 0 saturated carbocycles. The van der Waals surface area contributed by atoms with Crippen molar-refractivity contribution in [2.75, 3.05) is 0 Å². The van der Waals surface area contributed by atoms with Crippen LogP contribution in [0.15, 0.2) is 18.2 Å². The molecule has 1 radical (unpaired) electrons. The second-order valence-corrected chi connectivity index (χ2v) is 3.57. The third kappa shape index (κ3) is 1.58. The molecule has 0 atom stereocenters. The van der Waals surface area contributed by atoms with Crippen LogP contribution in [0, 0.1) is 13.2 Å². The molecule has 0 spiro atoms. The minimum absolute atomic E-state index is 1.20. The van der Waals surface area contributed by atoms with Crippen molar-refractivity contribution in [3.05, 3.63) is 31.4 Å². The topological polar surface area (TPSA) is 0 Å². The van der Waals surface area contributed by atoms with E-state index in [1.807, 2.05) is 12.1 Å². The first-order valence-electron chi connectivity index (χ1n) is 2.12. The summed E-state index contributed by atoms with van der Waals surface area (Å²) in [5.74, 6) is 0. The van der Waals surface area contributed by atoms with Gasteiger partial charge in [0.2, 0.25) is 0 Å². The quantitative estimate of drug-likeness (QED) is 0.642. The fraction of sp³-hybridized carbons (Fsp3) is 0. The van der Waals surface area contributed by atoms with Gasteiger partial charge in [0.25, 0.3) is 0 Å². The highest BCUT2D eigenvalue weighted by Gasteiger charge is 1.88. The SMILES string of the molecule is Ic1[c]cccc1I. The van der Waals surface area contributed by atoms with E-state index in [2.05, 4.69) is 57.3 Å². The van der Waals surface area contributed by atoms with E-state index in [9.17, 15) is 0 Å². The van der Waals surface area contributed by atoms with Crippen LogP contribution in [0.25, 0.3) is 0 Å². The van der Waals surface area contributed by atoms with Gasteiger partial charge < -0.3 is 0 Å². The fourth-order valence-corrected chi connectivity index (χ4v) is 1.12. The lowest BCUT2D eigenvalue weighted by Gasteiger charge is -1.88. The third-order valence-corrected chi connectivity index (χ3v) is 3.58. The molecule has 0 nitrogen and oxygen atoms in total. The highest BCUT2D eigenvalue weighted by molar-refractivity contribution is 14.1. The van der Waals surface area contributed by atoms with Gasteiger partial charge in [0, 0.05) is 7.14 Å². The lowest BCUT2D eigenvalue weighted by Crippen LogP contribution is -1.74. The maximum absolute atomic E-state index is 3.08. The molecule has 1 aromatic carbocycles. The molecular formula is C6H3I2. The van der Waals surface area contributed by atoms with Gasteiger partial charge in [-0.2, -0.15) is 0 Å². The molecule has 1 aromatic rings. The van der Waals surface area contributed by atoms with E-state index in [0.29, 0.717) is 0 Å². The van der Waals surface area contributed by atoms with Crippen LogP contribution in [-0.4, -0.2) is 0 Å². The van der Waals surface area contributed by atoms with E-state index in [1.54, 1.807) is 0 Å². The van der Waals surface area contributed by atoms with Crippen LogP contribution in [-0.2, 0) is 0 Å². The molecule has 0 bridgehead atoms. The summed E-state index contributed by atoms with van der Waals surface area (Å²) in [6.07, 6.45) is 0. The van der Waals surface area contributed by atoms with Crippen molar-refractivity contribution in [1.29, 1.82) is 0 Å². The van der Waals surface area contributed by atoms with Crippen LogP contribution < -0.4 is 0 Å². The Kier molecular flexibility index (Phi) is 2.55. The Morgan fingerprint density at radius 1 is 1.38 bits per heavy atom. The van der Waals surface area contributed by atoms with Gasteiger partial charge in [0.15, 0.2) is 0 Å². The average molecular weight is 329 g/mol. The van der Waals surface area contributed by atoms with E-state index < -0.39 is 0 Å². The molecule has 0 unspecified atom stereocenters. The van der Waals surface area contributed by atoms with Crippen molar-refractivity contribution in [2.24, 2.45) is 0 Å². The van der Waals surface area contributed by atoms with Crippen molar-refractivity contribution in [3.63, 3.8) is 0 Å². The Bertz CT molecular complexity index is 163. The minimum atomic E-state index is 1.20. The molecule has 2 heteroatoms.